The quantitative estimate of drug-likeness (QED) is 0.843. The van der Waals surface area contributed by atoms with E-state index in [1.165, 1.54) is 16.8 Å². The first-order valence-corrected chi connectivity index (χ1v) is 7.08. The minimum Gasteiger partial charge on any atom is -0.347 e. The fourth-order valence-electron chi connectivity index (χ4n) is 2.10. The molecule has 0 saturated heterocycles. The molecular weight excluding hydrogens is 252 g/mol. The summed E-state index contributed by atoms with van der Waals surface area (Å²) in [7, 11) is 0. The van der Waals surface area contributed by atoms with Crippen molar-refractivity contribution in [3.8, 4) is 0 Å². The molecule has 2 aromatic rings. The highest BCUT2D eigenvalue weighted by atomic mass is 32.1. The van der Waals surface area contributed by atoms with Crippen LogP contribution in [0.15, 0.2) is 30.3 Å². The minimum atomic E-state index is 0.611. The van der Waals surface area contributed by atoms with Crippen LogP contribution in [0.5, 0.6) is 0 Å². The van der Waals surface area contributed by atoms with Crippen molar-refractivity contribution in [2.24, 2.45) is 5.92 Å². The average molecular weight is 272 g/mol. The number of hydrogen-bond acceptors (Lipinski definition) is 2. The second kappa shape index (κ2) is 6.11. The molecule has 2 nitrogen and oxygen atoms in total. The number of benzene rings is 1. The molecule has 100 valence electrons. The molecule has 0 bridgehead atoms. The van der Waals surface area contributed by atoms with E-state index in [2.05, 4.69) is 55.0 Å². The van der Waals surface area contributed by atoms with Gasteiger partial charge in [0.05, 0.1) is 0 Å². The van der Waals surface area contributed by atoms with E-state index in [1.807, 2.05) is 6.07 Å². The van der Waals surface area contributed by atoms with Gasteiger partial charge in [-0.25, -0.2) is 4.98 Å². The first-order chi connectivity index (χ1) is 9.02. The van der Waals surface area contributed by atoms with Crippen molar-refractivity contribution in [3.05, 3.63) is 57.6 Å². The van der Waals surface area contributed by atoms with Crippen LogP contribution in [0, 0.1) is 17.5 Å². The van der Waals surface area contributed by atoms with E-state index in [4.69, 9.17) is 12.2 Å². The van der Waals surface area contributed by atoms with Crippen molar-refractivity contribution in [2.45, 2.75) is 33.6 Å². The van der Waals surface area contributed by atoms with E-state index in [0.717, 1.165) is 18.7 Å². The number of hydrogen-bond donors (Lipinski definition) is 1. The summed E-state index contributed by atoms with van der Waals surface area (Å²) in [5.74, 6) is 1.56. The second-order valence-corrected chi connectivity index (χ2v) is 5.87. The van der Waals surface area contributed by atoms with E-state index in [-0.39, 0.29) is 0 Å². The topological polar surface area (TPSA) is 28.7 Å². The molecule has 1 aromatic heterocycles. The van der Waals surface area contributed by atoms with Crippen LogP contribution < -0.4 is 0 Å². The van der Waals surface area contributed by atoms with Crippen LogP contribution in [-0.4, -0.2) is 9.97 Å². The minimum absolute atomic E-state index is 0.611. The van der Waals surface area contributed by atoms with Crippen molar-refractivity contribution in [1.29, 1.82) is 0 Å². The maximum absolute atomic E-state index is 5.25. The number of aromatic amines is 1. The highest BCUT2D eigenvalue weighted by molar-refractivity contribution is 7.71. The molecule has 1 heterocycles. The summed E-state index contributed by atoms with van der Waals surface area (Å²) in [4.78, 5) is 7.82. The van der Waals surface area contributed by atoms with E-state index < -0.39 is 0 Å². The summed E-state index contributed by atoms with van der Waals surface area (Å²) in [6.45, 7) is 6.51. The molecule has 0 saturated carbocycles. The van der Waals surface area contributed by atoms with Crippen LogP contribution in [-0.2, 0) is 12.8 Å². The van der Waals surface area contributed by atoms with Gasteiger partial charge in [0.15, 0.2) is 0 Å². The second-order valence-electron chi connectivity index (χ2n) is 5.45. The standard InChI is InChI=1S/C16H20N2S/c1-11(2)8-14-10-16(19)18-15(17-14)9-13-6-4-12(3)5-7-13/h4-7,10-11H,8-9H2,1-3H3,(H,17,18,19). The van der Waals surface area contributed by atoms with Crippen molar-refractivity contribution in [1.82, 2.24) is 9.97 Å². The van der Waals surface area contributed by atoms with Crippen molar-refractivity contribution < 1.29 is 0 Å². The molecule has 0 unspecified atom stereocenters. The number of rotatable bonds is 4. The molecule has 19 heavy (non-hydrogen) atoms. The van der Waals surface area contributed by atoms with Gasteiger partial charge in [-0.2, -0.15) is 0 Å². The molecule has 0 amide bonds. The zero-order chi connectivity index (χ0) is 13.8. The van der Waals surface area contributed by atoms with Gasteiger partial charge in [-0.1, -0.05) is 55.9 Å². The largest absolute Gasteiger partial charge is 0.347 e. The third kappa shape index (κ3) is 4.28. The van der Waals surface area contributed by atoms with Crippen LogP contribution in [0.4, 0.5) is 0 Å². The lowest BCUT2D eigenvalue weighted by atomic mass is 10.1. The van der Waals surface area contributed by atoms with E-state index >= 15 is 0 Å². The van der Waals surface area contributed by atoms with Crippen LogP contribution in [0.3, 0.4) is 0 Å². The maximum Gasteiger partial charge on any atom is 0.130 e. The highest BCUT2D eigenvalue weighted by Crippen LogP contribution is 2.10. The van der Waals surface area contributed by atoms with Gasteiger partial charge in [-0.3, -0.25) is 0 Å². The van der Waals surface area contributed by atoms with Crippen molar-refractivity contribution in [2.75, 3.05) is 0 Å². The number of aryl methyl sites for hydroxylation is 1. The van der Waals surface area contributed by atoms with E-state index in [0.29, 0.717) is 10.6 Å². The Bertz CT molecular complexity index is 597. The van der Waals surface area contributed by atoms with Crippen LogP contribution >= 0.6 is 12.2 Å². The predicted octanol–water partition coefficient (Wildman–Crippen LogP) is 4.24. The highest BCUT2D eigenvalue weighted by Gasteiger charge is 2.03. The third-order valence-electron chi connectivity index (χ3n) is 2.97. The number of H-pyrrole nitrogens is 1. The summed E-state index contributed by atoms with van der Waals surface area (Å²) in [5.41, 5.74) is 3.71. The summed E-state index contributed by atoms with van der Waals surface area (Å²) in [6.07, 6.45) is 1.81. The Morgan fingerprint density at radius 1 is 1.21 bits per heavy atom. The lowest BCUT2D eigenvalue weighted by molar-refractivity contribution is 0.630. The lowest BCUT2D eigenvalue weighted by Gasteiger charge is -2.08. The average Bonchev–Trinajstić information content (AvgIpc) is 2.30. The molecule has 0 aliphatic heterocycles. The molecule has 0 atom stereocenters. The van der Waals surface area contributed by atoms with Gasteiger partial charge in [-0.05, 0) is 30.9 Å². The molecule has 0 aliphatic carbocycles. The third-order valence-corrected chi connectivity index (χ3v) is 3.18. The summed E-state index contributed by atoms with van der Waals surface area (Å²) >= 11 is 5.25. The lowest BCUT2D eigenvalue weighted by Crippen LogP contribution is -2.03. The molecule has 1 aromatic carbocycles. The van der Waals surface area contributed by atoms with Crippen molar-refractivity contribution in [3.63, 3.8) is 0 Å². The van der Waals surface area contributed by atoms with Gasteiger partial charge in [0.25, 0.3) is 0 Å². The van der Waals surface area contributed by atoms with Gasteiger partial charge in [0.2, 0.25) is 0 Å². The molecule has 1 N–H and O–H groups in total. The van der Waals surface area contributed by atoms with Gasteiger partial charge < -0.3 is 4.98 Å². The number of aromatic nitrogens is 2. The summed E-state index contributed by atoms with van der Waals surface area (Å²) < 4.78 is 0.677. The van der Waals surface area contributed by atoms with Crippen LogP contribution in [0.1, 0.15) is 36.5 Å². The Morgan fingerprint density at radius 3 is 2.53 bits per heavy atom. The molecule has 2 rings (SSSR count). The normalized spacial score (nSPS) is 10.9. The Kier molecular flexibility index (Phi) is 4.48. The first kappa shape index (κ1) is 13.9. The predicted molar refractivity (Wildman–Crippen MR) is 81.9 cm³/mol. The smallest absolute Gasteiger partial charge is 0.130 e. The van der Waals surface area contributed by atoms with Crippen LogP contribution in [0.25, 0.3) is 0 Å². The van der Waals surface area contributed by atoms with Gasteiger partial charge >= 0.3 is 0 Å². The van der Waals surface area contributed by atoms with Crippen LogP contribution in [0.2, 0.25) is 0 Å². The molecule has 0 fully saturated rings. The maximum atomic E-state index is 5.25. The Balaban J connectivity index is 2.22. The zero-order valence-corrected chi connectivity index (χ0v) is 12.6. The Labute approximate surface area is 119 Å². The molecular formula is C16H20N2S. The number of nitrogens with zero attached hydrogens (tertiary/aromatic N) is 1. The molecule has 0 aliphatic rings. The fourth-order valence-corrected chi connectivity index (χ4v) is 2.35. The summed E-state index contributed by atoms with van der Waals surface area (Å²) in [6, 6.07) is 10.5. The molecule has 0 radical (unpaired) electrons. The van der Waals surface area contributed by atoms with E-state index in [1.54, 1.807) is 0 Å². The van der Waals surface area contributed by atoms with Crippen molar-refractivity contribution >= 4 is 12.2 Å². The first-order valence-electron chi connectivity index (χ1n) is 6.67. The Morgan fingerprint density at radius 2 is 1.89 bits per heavy atom. The fraction of sp³-hybridized carbons (Fsp3) is 0.375. The SMILES string of the molecule is Cc1ccc(Cc2nc(=S)cc(CC(C)C)[nH]2)cc1. The van der Waals surface area contributed by atoms with E-state index in [9.17, 15) is 0 Å². The number of nitrogens with one attached hydrogen (secondary N) is 1. The zero-order valence-electron chi connectivity index (χ0n) is 11.7. The summed E-state index contributed by atoms with van der Waals surface area (Å²) in [5, 5.41) is 0. The van der Waals surface area contributed by atoms with Gasteiger partial charge in [-0.15, -0.1) is 0 Å². The Hall–Kier alpha value is -1.48. The monoisotopic (exact) mass is 272 g/mol. The molecule has 3 heteroatoms. The van der Waals surface area contributed by atoms with Gasteiger partial charge in [0.1, 0.15) is 10.5 Å². The molecule has 0 spiro atoms. The van der Waals surface area contributed by atoms with Gasteiger partial charge in [0, 0.05) is 12.1 Å².